The molecule has 6 heteroatoms. The van der Waals surface area contributed by atoms with Gasteiger partial charge in [-0.05, 0) is 25.7 Å². The predicted molar refractivity (Wildman–Crippen MR) is 90.4 cm³/mol. The lowest BCUT2D eigenvalue weighted by Gasteiger charge is -2.24. The number of carbonyl (C=O) groups is 1. The van der Waals surface area contributed by atoms with E-state index in [4.69, 9.17) is 4.74 Å². The van der Waals surface area contributed by atoms with Crippen LogP contribution in [0.1, 0.15) is 50.8 Å². The van der Waals surface area contributed by atoms with Crippen molar-refractivity contribution in [3.05, 3.63) is 11.3 Å². The quantitative estimate of drug-likeness (QED) is 0.805. The summed E-state index contributed by atoms with van der Waals surface area (Å²) in [5, 5.41) is 11.0. The Labute approximate surface area is 139 Å². The smallest absolute Gasteiger partial charge is 0.237 e. The highest BCUT2D eigenvalue weighted by atomic mass is 16.5. The summed E-state index contributed by atoms with van der Waals surface area (Å²) in [5.74, 6) is 1.07. The second kappa shape index (κ2) is 7.81. The van der Waals surface area contributed by atoms with Crippen LogP contribution >= 0.6 is 0 Å². The van der Waals surface area contributed by atoms with E-state index < -0.39 is 0 Å². The van der Waals surface area contributed by atoms with Gasteiger partial charge in [0, 0.05) is 19.6 Å². The minimum absolute atomic E-state index is 0.104. The first-order valence-corrected chi connectivity index (χ1v) is 8.54. The largest absolute Gasteiger partial charge is 0.481 e. The van der Waals surface area contributed by atoms with Crippen LogP contribution in [0.5, 0.6) is 5.88 Å². The van der Waals surface area contributed by atoms with Crippen LogP contribution in [-0.4, -0.2) is 34.9 Å². The summed E-state index contributed by atoms with van der Waals surface area (Å²) in [6.45, 7) is 6.67. The Bertz CT molecular complexity index is 533. The molecule has 0 radical (unpaired) electrons. The van der Waals surface area contributed by atoms with Crippen molar-refractivity contribution >= 4 is 5.91 Å². The molecular weight excluding hydrogens is 292 g/mol. The van der Waals surface area contributed by atoms with Crippen LogP contribution in [0.15, 0.2) is 0 Å². The van der Waals surface area contributed by atoms with E-state index in [-0.39, 0.29) is 17.9 Å². The van der Waals surface area contributed by atoms with Gasteiger partial charge >= 0.3 is 0 Å². The van der Waals surface area contributed by atoms with Crippen molar-refractivity contribution in [2.45, 2.75) is 65.1 Å². The summed E-state index contributed by atoms with van der Waals surface area (Å²) < 4.78 is 7.15. The maximum absolute atomic E-state index is 12.6. The van der Waals surface area contributed by atoms with Gasteiger partial charge in [0.25, 0.3) is 0 Å². The second-order valence-electron chi connectivity index (χ2n) is 6.79. The average Bonchev–Trinajstić information content (AvgIpc) is 3.07. The number of methoxy groups -OCH3 is 1. The number of ether oxygens (including phenoxy) is 1. The minimum atomic E-state index is -0.208. The molecule has 0 unspecified atom stereocenters. The molecule has 6 nitrogen and oxygen atoms in total. The van der Waals surface area contributed by atoms with Crippen molar-refractivity contribution in [1.82, 2.24) is 20.4 Å². The Morgan fingerprint density at radius 3 is 2.61 bits per heavy atom. The molecule has 1 aliphatic rings. The Kier molecular flexibility index (Phi) is 6.04. The molecule has 0 spiro atoms. The summed E-state index contributed by atoms with van der Waals surface area (Å²) >= 11 is 0. The van der Waals surface area contributed by atoms with E-state index >= 15 is 0 Å². The lowest BCUT2D eigenvalue weighted by atomic mass is 10.0. The summed E-state index contributed by atoms with van der Waals surface area (Å²) in [7, 11) is 3.51. The zero-order chi connectivity index (χ0) is 17.0. The van der Waals surface area contributed by atoms with E-state index in [9.17, 15) is 4.79 Å². The molecule has 0 saturated heterocycles. The van der Waals surface area contributed by atoms with Crippen molar-refractivity contribution < 1.29 is 9.53 Å². The van der Waals surface area contributed by atoms with Crippen molar-refractivity contribution in [1.29, 1.82) is 0 Å². The Morgan fingerprint density at radius 2 is 2.04 bits per heavy atom. The topological polar surface area (TPSA) is 68.2 Å². The van der Waals surface area contributed by atoms with Gasteiger partial charge in [-0.2, -0.15) is 5.10 Å². The van der Waals surface area contributed by atoms with Crippen LogP contribution in [0.3, 0.4) is 0 Å². The summed E-state index contributed by atoms with van der Waals surface area (Å²) in [4.78, 5) is 12.6. The number of amides is 1. The third-order valence-electron chi connectivity index (χ3n) is 4.63. The van der Waals surface area contributed by atoms with Crippen molar-refractivity contribution in [3.8, 4) is 5.88 Å². The molecule has 2 rings (SSSR count). The van der Waals surface area contributed by atoms with Crippen LogP contribution in [-0.2, 0) is 18.4 Å². The highest BCUT2D eigenvalue weighted by Crippen LogP contribution is 2.21. The highest BCUT2D eigenvalue weighted by Gasteiger charge is 2.26. The van der Waals surface area contributed by atoms with Crippen molar-refractivity contribution in [2.24, 2.45) is 13.0 Å². The number of aromatic nitrogens is 2. The third-order valence-corrected chi connectivity index (χ3v) is 4.63. The van der Waals surface area contributed by atoms with E-state index in [1.54, 1.807) is 11.8 Å². The number of hydrogen-bond acceptors (Lipinski definition) is 4. The lowest BCUT2D eigenvalue weighted by molar-refractivity contribution is -0.124. The molecule has 1 aromatic heterocycles. The maximum atomic E-state index is 12.6. The normalized spacial score (nSPS) is 16.8. The van der Waals surface area contributed by atoms with Gasteiger partial charge in [-0.15, -0.1) is 0 Å². The van der Waals surface area contributed by atoms with Crippen molar-refractivity contribution in [3.63, 3.8) is 0 Å². The Morgan fingerprint density at radius 1 is 1.39 bits per heavy atom. The molecule has 2 N–H and O–H groups in total. The number of hydrogen-bond donors (Lipinski definition) is 2. The van der Waals surface area contributed by atoms with Crippen LogP contribution in [0.2, 0.25) is 0 Å². The number of nitrogens with one attached hydrogen (secondary N) is 2. The molecule has 0 aliphatic heterocycles. The van der Waals surface area contributed by atoms with Crippen LogP contribution in [0.4, 0.5) is 0 Å². The predicted octanol–water partition coefficient (Wildman–Crippen LogP) is 1.91. The summed E-state index contributed by atoms with van der Waals surface area (Å²) in [5.41, 5.74) is 1.94. The van der Waals surface area contributed by atoms with Crippen LogP contribution in [0.25, 0.3) is 0 Å². The number of aryl methyl sites for hydroxylation is 2. The molecule has 130 valence electrons. The van der Waals surface area contributed by atoms with E-state index in [0.717, 1.165) is 30.0 Å². The first-order chi connectivity index (χ1) is 10.9. The average molecular weight is 322 g/mol. The molecular formula is C17H30N4O2. The van der Waals surface area contributed by atoms with Gasteiger partial charge in [0.05, 0.1) is 24.4 Å². The maximum Gasteiger partial charge on any atom is 0.237 e. The first-order valence-electron chi connectivity index (χ1n) is 8.54. The summed E-state index contributed by atoms with van der Waals surface area (Å²) in [6.07, 6.45) is 4.64. The van der Waals surface area contributed by atoms with Gasteiger partial charge in [-0.3, -0.25) is 4.79 Å². The number of rotatable bonds is 7. The fourth-order valence-corrected chi connectivity index (χ4v) is 3.34. The Hall–Kier alpha value is -1.56. The molecule has 1 atom stereocenters. The molecule has 1 amide bonds. The third kappa shape index (κ3) is 4.25. The van der Waals surface area contributed by atoms with Gasteiger partial charge < -0.3 is 15.4 Å². The van der Waals surface area contributed by atoms with Gasteiger partial charge in [-0.1, -0.05) is 26.7 Å². The summed E-state index contributed by atoms with van der Waals surface area (Å²) in [6, 6.07) is 0.139. The number of nitrogens with zero attached hydrogens (tertiary/aromatic N) is 2. The number of carbonyl (C=O) groups excluding carboxylic acids is 1. The molecule has 1 aliphatic carbocycles. The standard InChI is InChI=1S/C17H30N4O2/c1-11(2)15(16(22)19-13-8-6-7-9-13)18-10-14-12(3)20-21(4)17(14)23-5/h11,13,15,18H,6-10H2,1-5H3,(H,19,22)/t15-/m1/s1. The fraction of sp³-hybridized carbons (Fsp3) is 0.765. The minimum Gasteiger partial charge on any atom is -0.481 e. The first kappa shape index (κ1) is 17.8. The highest BCUT2D eigenvalue weighted by molar-refractivity contribution is 5.82. The van der Waals surface area contributed by atoms with Crippen LogP contribution < -0.4 is 15.4 Å². The molecule has 1 saturated carbocycles. The molecule has 1 aromatic rings. The monoisotopic (exact) mass is 322 g/mol. The molecule has 1 heterocycles. The van der Waals surface area contributed by atoms with E-state index in [1.807, 2.05) is 14.0 Å². The van der Waals surface area contributed by atoms with Gasteiger partial charge in [-0.25, -0.2) is 4.68 Å². The van der Waals surface area contributed by atoms with E-state index in [1.165, 1.54) is 12.8 Å². The Balaban J connectivity index is 2.01. The van der Waals surface area contributed by atoms with E-state index in [0.29, 0.717) is 12.6 Å². The second-order valence-corrected chi connectivity index (χ2v) is 6.79. The zero-order valence-electron chi connectivity index (χ0n) is 15.0. The van der Waals surface area contributed by atoms with Gasteiger partial charge in [0.15, 0.2) is 0 Å². The molecule has 0 bridgehead atoms. The molecule has 1 fully saturated rings. The van der Waals surface area contributed by atoms with Gasteiger partial charge in [0.2, 0.25) is 11.8 Å². The SMILES string of the molecule is COc1c(CN[C@@H](C(=O)NC2CCCC2)C(C)C)c(C)nn1C. The molecule has 23 heavy (non-hydrogen) atoms. The lowest BCUT2D eigenvalue weighted by Crippen LogP contribution is -2.49. The van der Waals surface area contributed by atoms with Gasteiger partial charge in [0.1, 0.15) is 0 Å². The van der Waals surface area contributed by atoms with E-state index in [2.05, 4.69) is 29.6 Å². The molecule has 0 aromatic carbocycles. The fourth-order valence-electron chi connectivity index (χ4n) is 3.34. The van der Waals surface area contributed by atoms with Crippen LogP contribution in [0, 0.1) is 12.8 Å². The van der Waals surface area contributed by atoms with Crippen molar-refractivity contribution in [2.75, 3.05) is 7.11 Å². The zero-order valence-corrected chi connectivity index (χ0v) is 15.0.